The number of benzene rings is 2. The smallest absolute Gasteiger partial charge is 0.235 e. The van der Waals surface area contributed by atoms with Crippen molar-refractivity contribution in [3.8, 4) is 0 Å². The summed E-state index contributed by atoms with van der Waals surface area (Å²) in [5, 5.41) is 2.91. The number of carbonyl (C=O) groups is 1. The van der Waals surface area contributed by atoms with Crippen molar-refractivity contribution in [3.05, 3.63) is 59.2 Å². The lowest BCUT2D eigenvalue weighted by atomic mass is 10.1. The molecule has 2 aromatic carbocycles. The number of amides is 1. The van der Waals surface area contributed by atoms with Crippen molar-refractivity contribution >= 4 is 27.3 Å². The molecule has 5 nitrogen and oxygen atoms in total. The third kappa shape index (κ3) is 4.02. The fourth-order valence-electron chi connectivity index (χ4n) is 3.03. The monoisotopic (exact) mass is 358 g/mol. The number of anilines is 2. The quantitative estimate of drug-likeness (QED) is 0.913. The molecule has 0 radical (unpaired) electrons. The van der Waals surface area contributed by atoms with Crippen molar-refractivity contribution in [2.75, 3.05) is 21.9 Å². The summed E-state index contributed by atoms with van der Waals surface area (Å²) < 4.78 is 25.6. The van der Waals surface area contributed by atoms with Crippen LogP contribution in [0.4, 0.5) is 11.4 Å². The highest BCUT2D eigenvalue weighted by molar-refractivity contribution is 7.93. The average Bonchev–Trinajstić information content (AvgIpc) is 2.89. The summed E-state index contributed by atoms with van der Waals surface area (Å²) >= 11 is 0. The summed E-state index contributed by atoms with van der Waals surface area (Å²) in [6.07, 6.45) is 0.915. The Balaban J connectivity index is 1.78. The maximum absolute atomic E-state index is 12.4. The molecule has 25 heavy (non-hydrogen) atoms. The third-order valence-corrected chi connectivity index (χ3v) is 6.20. The standard InChI is InChI=1S/C19H22N2O3S/c1-14-5-3-6-16(11-14)12-19(22)20-18-13-17(8-7-15(18)2)21-9-4-10-25(21,23)24/h3,5-8,11,13H,4,9-10,12H2,1-2H3,(H,20,22). The normalized spacial score (nSPS) is 16.0. The van der Waals surface area contributed by atoms with E-state index in [9.17, 15) is 13.2 Å². The van der Waals surface area contributed by atoms with E-state index in [-0.39, 0.29) is 18.1 Å². The maximum atomic E-state index is 12.4. The Morgan fingerprint density at radius 1 is 1.16 bits per heavy atom. The molecule has 0 saturated carbocycles. The van der Waals surface area contributed by atoms with Gasteiger partial charge in [-0.2, -0.15) is 0 Å². The van der Waals surface area contributed by atoms with E-state index in [2.05, 4.69) is 5.32 Å². The Hall–Kier alpha value is -2.34. The van der Waals surface area contributed by atoms with Crippen molar-refractivity contribution in [2.24, 2.45) is 0 Å². The Morgan fingerprint density at radius 3 is 2.64 bits per heavy atom. The number of nitrogens with zero attached hydrogens (tertiary/aromatic N) is 1. The zero-order valence-electron chi connectivity index (χ0n) is 14.5. The molecule has 6 heteroatoms. The zero-order chi connectivity index (χ0) is 18.0. The van der Waals surface area contributed by atoms with Crippen molar-refractivity contribution in [1.82, 2.24) is 0 Å². The topological polar surface area (TPSA) is 66.5 Å². The number of sulfonamides is 1. The Bertz CT molecular complexity index is 907. The van der Waals surface area contributed by atoms with Crippen LogP contribution in [-0.4, -0.2) is 26.6 Å². The molecule has 1 amide bonds. The minimum Gasteiger partial charge on any atom is -0.325 e. The first kappa shape index (κ1) is 17.5. The van der Waals surface area contributed by atoms with E-state index in [1.54, 1.807) is 12.1 Å². The molecule has 0 atom stereocenters. The van der Waals surface area contributed by atoms with Gasteiger partial charge in [-0.25, -0.2) is 8.42 Å². The molecule has 1 aliphatic heterocycles. The van der Waals surface area contributed by atoms with E-state index < -0.39 is 10.0 Å². The summed E-state index contributed by atoms with van der Waals surface area (Å²) in [5.74, 6) is 0.0609. The van der Waals surface area contributed by atoms with Gasteiger partial charge in [0.05, 0.1) is 17.9 Å². The second kappa shape index (κ2) is 6.88. The van der Waals surface area contributed by atoms with E-state index >= 15 is 0 Å². The minimum absolute atomic E-state index is 0.116. The second-order valence-corrected chi connectivity index (χ2v) is 8.47. The van der Waals surface area contributed by atoms with Crippen LogP contribution in [0.3, 0.4) is 0 Å². The van der Waals surface area contributed by atoms with Gasteiger partial charge < -0.3 is 5.32 Å². The van der Waals surface area contributed by atoms with Crippen LogP contribution in [0.5, 0.6) is 0 Å². The summed E-state index contributed by atoms with van der Waals surface area (Å²) in [4.78, 5) is 12.4. The molecular weight excluding hydrogens is 336 g/mol. The largest absolute Gasteiger partial charge is 0.325 e. The maximum Gasteiger partial charge on any atom is 0.235 e. The number of hydrogen-bond donors (Lipinski definition) is 1. The predicted molar refractivity (Wildman–Crippen MR) is 100 cm³/mol. The van der Waals surface area contributed by atoms with Crippen LogP contribution in [0.2, 0.25) is 0 Å². The van der Waals surface area contributed by atoms with Gasteiger partial charge in [-0.05, 0) is 43.5 Å². The first-order valence-corrected chi connectivity index (χ1v) is 9.92. The fraction of sp³-hybridized carbons (Fsp3) is 0.316. The SMILES string of the molecule is Cc1cccc(CC(=O)Nc2cc(N3CCCS3(=O)=O)ccc2C)c1. The van der Waals surface area contributed by atoms with Gasteiger partial charge >= 0.3 is 0 Å². The van der Waals surface area contributed by atoms with Crippen LogP contribution < -0.4 is 9.62 Å². The average molecular weight is 358 g/mol. The molecule has 0 aromatic heterocycles. The third-order valence-electron chi connectivity index (χ3n) is 4.33. The highest BCUT2D eigenvalue weighted by atomic mass is 32.2. The molecule has 1 fully saturated rings. The van der Waals surface area contributed by atoms with Gasteiger partial charge in [0.25, 0.3) is 0 Å². The van der Waals surface area contributed by atoms with Crippen molar-refractivity contribution in [3.63, 3.8) is 0 Å². The molecular formula is C19H22N2O3S. The Labute approximate surface area is 148 Å². The number of carbonyl (C=O) groups excluding carboxylic acids is 1. The van der Waals surface area contributed by atoms with Crippen LogP contribution in [0.15, 0.2) is 42.5 Å². The Morgan fingerprint density at radius 2 is 1.96 bits per heavy atom. The van der Waals surface area contributed by atoms with Crippen molar-refractivity contribution in [1.29, 1.82) is 0 Å². The van der Waals surface area contributed by atoms with E-state index in [0.717, 1.165) is 16.7 Å². The van der Waals surface area contributed by atoms with Gasteiger partial charge in [0.2, 0.25) is 15.9 Å². The summed E-state index contributed by atoms with van der Waals surface area (Å²) in [7, 11) is -3.23. The van der Waals surface area contributed by atoms with Crippen molar-refractivity contribution in [2.45, 2.75) is 26.7 Å². The molecule has 1 heterocycles. The minimum atomic E-state index is -3.23. The number of hydrogen-bond acceptors (Lipinski definition) is 3. The molecule has 2 aromatic rings. The summed E-state index contributed by atoms with van der Waals surface area (Å²) in [6.45, 7) is 4.37. The predicted octanol–water partition coefficient (Wildman–Crippen LogP) is 3.02. The molecule has 3 rings (SSSR count). The van der Waals surface area contributed by atoms with Crippen LogP contribution in [0.25, 0.3) is 0 Å². The molecule has 1 aliphatic rings. The van der Waals surface area contributed by atoms with Crippen LogP contribution in [-0.2, 0) is 21.2 Å². The second-order valence-electron chi connectivity index (χ2n) is 6.45. The van der Waals surface area contributed by atoms with Crippen LogP contribution >= 0.6 is 0 Å². The fourth-order valence-corrected chi connectivity index (χ4v) is 4.59. The van der Waals surface area contributed by atoms with Gasteiger partial charge in [0, 0.05) is 12.2 Å². The van der Waals surface area contributed by atoms with Crippen LogP contribution in [0.1, 0.15) is 23.1 Å². The lowest BCUT2D eigenvalue weighted by Crippen LogP contribution is -2.25. The lowest BCUT2D eigenvalue weighted by molar-refractivity contribution is -0.115. The van der Waals surface area contributed by atoms with Gasteiger partial charge in [-0.15, -0.1) is 0 Å². The molecule has 1 saturated heterocycles. The summed E-state index contributed by atoms with van der Waals surface area (Å²) in [6, 6.07) is 13.2. The van der Waals surface area contributed by atoms with Gasteiger partial charge in [-0.3, -0.25) is 9.10 Å². The van der Waals surface area contributed by atoms with Gasteiger partial charge in [0.1, 0.15) is 0 Å². The molecule has 0 aliphatic carbocycles. The van der Waals surface area contributed by atoms with Gasteiger partial charge in [0.15, 0.2) is 0 Å². The zero-order valence-corrected chi connectivity index (χ0v) is 15.3. The van der Waals surface area contributed by atoms with E-state index in [1.807, 2.05) is 44.2 Å². The number of rotatable bonds is 4. The van der Waals surface area contributed by atoms with E-state index in [1.165, 1.54) is 4.31 Å². The van der Waals surface area contributed by atoms with Crippen molar-refractivity contribution < 1.29 is 13.2 Å². The highest BCUT2D eigenvalue weighted by Crippen LogP contribution is 2.28. The molecule has 0 unspecified atom stereocenters. The molecule has 132 valence electrons. The highest BCUT2D eigenvalue weighted by Gasteiger charge is 2.28. The number of nitrogens with one attached hydrogen (secondary N) is 1. The van der Waals surface area contributed by atoms with E-state index in [0.29, 0.717) is 24.3 Å². The first-order valence-electron chi connectivity index (χ1n) is 8.32. The van der Waals surface area contributed by atoms with Gasteiger partial charge in [-0.1, -0.05) is 35.9 Å². The lowest BCUT2D eigenvalue weighted by Gasteiger charge is -2.19. The molecule has 0 spiro atoms. The van der Waals surface area contributed by atoms with E-state index in [4.69, 9.17) is 0 Å². The molecule has 0 bridgehead atoms. The molecule has 1 N–H and O–H groups in total. The van der Waals surface area contributed by atoms with Crippen LogP contribution in [0, 0.1) is 13.8 Å². The first-order chi connectivity index (χ1) is 11.8. The summed E-state index contributed by atoms with van der Waals surface area (Å²) in [5.41, 5.74) is 4.22. The Kier molecular flexibility index (Phi) is 4.81. The number of aryl methyl sites for hydroxylation is 2.